The Balaban J connectivity index is 2.12. The quantitative estimate of drug-likeness (QED) is 0.885. The van der Waals surface area contributed by atoms with E-state index in [-0.39, 0.29) is 11.8 Å². The molecule has 0 aliphatic rings. The van der Waals surface area contributed by atoms with Crippen LogP contribution in [0.1, 0.15) is 22.8 Å². The van der Waals surface area contributed by atoms with Crippen molar-refractivity contribution in [3.63, 3.8) is 0 Å². The van der Waals surface area contributed by atoms with Crippen LogP contribution in [0, 0.1) is 0 Å². The van der Waals surface area contributed by atoms with Gasteiger partial charge in [0.2, 0.25) is 5.91 Å². The first-order valence-corrected chi connectivity index (χ1v) is 8.75. The maximum Gasteiger partial charge on any atom is 0.255 e. The van der Waals surface area contributed by atoms with Crippen molar-refractivity contribution in [1.82, 2.24) is 0 Å². The van der Waals surface area contributed by atoms with Crippen molar-refractivity contribution in [2.75, 3.05) is 16.9 Å². The Morgan fingerprint density at radius 2 is 1.65 bits per heavy atom. The van der Waals surface area contributed by atoms with Gasteiger partial charge < -0.3 is 10.6 Å². The van der Waals surface area contributed by atoms with Crippen LogP contribution in [0.15, 0.2) is 48.5 Å². The lowest BCUT2D eigenvalue weighted by atomic mass is 10.1. The molecule has 120 valence electrons. The maximum atomic E-state index is 12.3. The molecule has 0 saturated heterocycles. The van der Waals surface area contributed by atoms with Gasteiger partial charge in [-0.25, -0.2) is 0 Å². The number of anilines is 2. The van der Waals surface area contributed by atoms with Crippen LogP contribution >= 0.6 is 0 Å². The Kier molecular flexibility index (Phi) is 5.65. The van der Waals surface area contributed by atoms with Crippen molar-refractivity contribution in [3.8, 4) is 0 Å². The lowest BCUT2D eigenvalue weighted by Gasteiger charge is -2.09. The highest BCUT2D eigenvalue weighted by molar-refractivity contribution is 7.83. The van der Waals surface area contributed by atoms with E-state index >= 15 is 0 Å². The minimum atomic E-state index is -0.957. The number of hydrogen-bond acceptors (Lipinski definition) is 3. The number of hydrogen-bond donors (Lipinski definition) is 2. The standard InChI is InChI=1S/C17H18N2O3S/c1-12(20)18-15-7-4-8-16(10-15)19-17(21)14-6-3-5-13(9-14)11-23(2)22/h3-10H,11H2,1-2H3,(H,18,20)(H,19,21). The molecule has 1 atom stereocenters. The normalized spacial score (nSPS) is 11.6. The van der Waals surface area contributed by atoms with Crippen LogP contribution in [0.3, 0.4) is 0 Å². The molecule has 2 aromatic rings. The molecule has 0 heterocycles. The Morgan fingerprint density at radius 3 is 2.30 bits per heavy atom. The summed E-state index contributed by atoms with van der Waals surface area (Å²) in [5.41, 5.74) is 2.56. The van der Waals surface area contributed by atoms with E-state index in [0.717, 1.165) is 5.56 Å². The van der Waals surface area contributed by atoms with Crippen LogP contribution < -0.4 is 10.6 Å². The van der Waals surface area contributed by atoms with Crippen LogP contribution in [-0.2, 0) is 21.3 Å². The molecule has 2 amide bonds. The van der Waals surface area contributed by atoms with E-state index in [1.165, 1.54) is 6.92 Å². The first kappa shape index (κ1) is 16.9. The van der Waals surface area contributed by atoms with Crippen molar-refractivity contribution in [2.24, 2.45) is 0 Å². The highest BCUT2D eigenvalue weighted by Gasteiger charge is 2.08. The average molecular weight is 330 g/mol. The van der Waals surface area contributed by atoms with E-state index in [4.69, 9.17) is 0 Å². The van der Waals surface area contributed by atoms with Crippen molar-refractivity contribution in [2.45, 2.75) is 12.7 Å². The van der Waals surface area contributed by atoms with Gasteiger partial charge in [0.25, 0.3) is 5.91 Å². The largest absolute Gasteiger partial charge is 0.326 e. The summed E-state index contributed by atoms with van der Waals surface area (Å²) in [4.78, 5) is 23.4. The highest BCUT2D eigenvalue weighted by Crippen LogP contribution is 2.16. The molecular formula is C17H18N2O3S. The van der Waals surface area contributed by atoms with Gasteiger partial charge in [-0.15, -0.1) is 0 Å². The van der Waals surface area contributed by atoms with Crippen LogP contribution in [0.2, 0.25) is 0 Å². The van der Waals surface area contributed by atoms with Crippen molar-refractivity contribution >= 4 is 34.0 Å². The molecule has 0 radical (unpaired) electrons. The molecule has 0 spiro atoms. The van der Waals surface area contributed by atoms with Gasteiger partial charge in [-0.05, 0) is 35.9 Å². The second-order valence-electron chi connectivity index (χ2n) is 5.13. The Labute approximate surface area is 137 Å². The Hall–Kier alpha value is -2.47. The number of rotatable bonds is 5. The van der Waals surface area contributed by atoms with Crippen LogP contribution in [0.25, 0.3) is 0 Å². The maximum absolute atomic E-state index is 12.3. The minimum Gasteiger partial charge on any atom is -0.326 e. The third-order valence-electron chi connectivity index (χ3n) is 3.00. The van der Waals surface area contributed by atoms with Gasteiger partial charge in [0.15, 0.2) is 0 Å². The molecule has 6 heteroatoms. The predicted molar refractivity (Wildman–Crippen MR) is 92.9 cm³/mol. The number of carbonyl (C=O) groups is 2. The first-order chi connectivity index (χ1) is 10.9. The average Bonchev–Trinajstić information content (AvgIpc) is 2.46. The first-order valence-electron chi connectivity index (χ1n) is 7.02. The SMILES string of the molecule is CC(=O)Nc1cccc(NC(=O)c2cccc(CS(C)=O)c2)c1. The molecule has 0 fully saturated rings. The molecule has 1 unspecified atom stereocenters. The summed E-state index contributed by atoms with van der Waals surface area (Å²) < 4.78 is 11.3. The van der Waals surface area contributed by atoms with Gasteiger partial charge >= 0.3 is 0 Å². The molecule has 2 rings (SSSR count). The van der Waals surface area contributed by atoms with Gasteiger partial charge in [-0.1, -0.05) is 18.2 Å². The highest BCUT2D eigenvalue weighted by atomic mass is 32.2. The van der Waals surface area contributed by atoms with Crippen LogP contribution in [0.4, 0.5) is 11.4 Å². The molecule has 5 nitrogen and oxygen atoms in total. The van der Waals surface area contributed by atoms with Crippen molar-refractivity contribution in [1.29, 1.82) is 0 Å². The lowest BCUT2D eigenvalue weighted by molar-refractivity contribution is -0.114. The molecule has 2 N–H and O–H groups in total. The van der Waals surface area contributed by atoms with Gasteiger partial charge in [0, 0.05) is 46.7 Å². The molecular weight excluding hydrogens is 312 g/mol. The summed E-state index contributed by atoms with van der Waals surface area (Å²) in [5, 5.41) is 5.45. The topological polar surface area (TPSA) is 75.3 Å². The summed E-state index contributed by atoms with van der Waals surface area (Å²) >= 11 is 0. The summed E-state index contributed by atoms with van der Waals surface area (Å²) in [5.74, 6) is -0.0125. The fourth-order valence-electron chi connectivity index (χ4n) is 2.12. The summed E-state index contributed by atoms with van der Waals surface area (Å²) in [7, 11) is -0.957. The van der Waals surface area contributed by atoms with E-state index < -0.39 is 10.8 Å². The minimum absolute atomic E-state index is 0.172. The molecule has 0 aliphatic carbocycles. The second-order valence-corrected chi connectivity index (χ2v) is 6.57. The fourth-order valence-corrected chi connectivity index (χ4v) is 2.77. The van der Waals surface area contributed by atoms with Gasteiger partial charge in [0.05, 0.1) is 0 Å². The molecule has 0 aromatic heterocycles. The van der Waals surface area contributed by atoms with Gasteiger partial charge in [0.1, 0.15) is 0 Å². The number of amides is 2. The van der Waals surface area contributed by atoms with Crippen LogP contribution in [-0.4, -0.2) is 22.3 Å². The molecule has 23 heavy (non-hydrogen) atoms. The summed E-state index contributed by atoms with van der Waals surface area (Å²) in [6.45, 7) is 1.43. The van der Waals surface area contributed by atoms with Gasteiger partial charge in [-0.2, -0.15) is 0 Å². The Bertz CT molecular complexity index is 759. The van der Waals surface area contributed by atoms with E-state index in [1.54, 1.807) is 48.7 Å². The molecule has 0 aliphatic heterocycles. The van der Waals surface area contributed by atoms with E-state index in [9.17, 15) is 13.8 Å². The van der Waals surface area contributed by atoms with E-state index in [1.807, 2.05) is 6.07 Å². The lowest BCUT2D eigenvalue weighted by Crippen LogP contribution is -2.13. The zero-order chi connectivity index (χ0) is 16.8. The zero-order valence-electron chi connectivity index (χ0n) is 13.0. The predicted octanol–water partition coefficient (Wildman–Crippen LogP) is 2.78. The molecule has 0 bridgehead atoms. The van der Waals surface area contributed by atoms with E-state index in [0.29, 0.717) is 22.7 Å². The molecule has 2 aromatic carbocycles. The number of nitrogens with one attached hydrogen (secondary N) is 2. The van der Waals surface area contributed by atoms with E-state index in [2.05, 4.69) is 10.6 Å². The second kappa shape index (κ2) is 7.69. The third kappa shape index (κ3) is 5.34. The van der Waals surface area contributed by atoms with Crippen molar-refractivity contribution < 1.29 is 13.8 Å². The summed E-state index contributed by atoms with van der Waals surface area (Å²) in [6, 6.07) is 14.0. The zero-order valence-corrected chi connectivity index (χ0v) is 13.8. The fraction of sp³-hybridized carbons (Fsp3) is 0.176. The Morgan fingerprint density at radius 1 is 1.00 bits per heavy atom. The molecule has 0 saturated carbocycles. The van der Waals surface area contributed by atoms with Gasteiger partial charge in [-0.3, -0.25) is 13.8 Å². The van der Waals surface area contributed by atoms with Crippen LogP contribution in [0.5, 0.6) is 0 Å². The monoisotopic (exact) mass is 330 g/mol. The summed E-state index contributed by atoms with van der Waals surface area (Å²) in [6.07, 6.45) is 1.63. The smallest absolute Gasteiger partial charge is 0.255 e. The number of benzene rings is 2. The van der Waals surface area contributed by atoms with Crippen molar-refractivity contribution in [3.05, 3.63) is 59.7 Å². The number of carbonyl (C=O) groups excluding carboxylic acids is 2. The third-order valence-corrected chi connectivity index (χ3v) is 3.74.